The van der Waals surface area contributed by atoms with E-state index in [0.29, 0.717) is 11.3 Å². The second-order valence-corrected chi connectivity index (χ2v) is 3.87. The molecular formula is C11H16O3. The van der Waals surface area contributed by atoms with Gasteiger partial charge in [-0.1, -0.05) is 6.07 Å². The zero-order valence-corrected chi connectivity index (χ0v) is 8.96. The molecule has 0 spiro atoms. The number of methoxy groups -OCH3 is 1. The van der Waals surface area contributed by atoms with Crippen LogP contribution in [-0.4, -0.2) is 17.3 Å². The molecule has 3 nitrogen and oxygen atoms in total. The summed E-state index contributed by atoms with van der Waals surface area (Å²) in [6, 6.07) is 3.49. The fourth-order valence-electron chi connectivity index (χ4n) is 1.44. The van der Waals surface area contributed by atoms with Crippen molar-refractivity contribution in [1.29, 1.82) is 0 Å². The SMILES string of the molecule is COc1ccc(C)c(O)c1C(C)(C)O. The largest absolute Gasteiger partial charge is 0.507 e. The van der Waals surface area contributed by atoms with E-state index in [2.05, 4.69) is 0 Å². The van der Waals surface area contributed by atoms with Gasteiger partial charge in [0.25, 0.3) is 0 Å². The van der Waals surface area contributed by atoms with Gasteiger partial charge in [0.15, 0.2) is 0 Å². The summed E-state index contributed by atoms with van der Waals surface area (Å²) in [6.45, 7) is 5.01. The maximum absolute atomic E-state index is 9.87. The summed E-state index contributed by atoms with van der Waals surface area (Å²) in [7, 11) is 1.51. The monoisotopic (exact) mass is 196 g/mol. The second-order valence-electron chi connectivity index (χ2n) is 3.87. The van der Waals surface area contributed by atoms with E-state index in [1.807, 2.05) is 0 Å². The molecule has 0 amide bonds. The molecule has 2 N–H and O–H groups in total. The molecule has 1 rings (SSSR count). The van der Waals surface area contributed by atoms with Gasteiger partial charge < -0.3 is 14.9 Å². The molecule has 0 aliphatic carbocycles. The van der Waals surface area contributed by atoms with E-state index in [0.717, 1.165) is 5.56 Å². The zero-order chi connectivity index (χ0) is 10.9. The van der Waals surface area contributed by atoms with E-state index in [-0.39, 0.29) is 5.75 Å². The van der Waals surface area contributed by atoms with Crippen LogP contribution in [0.4, 0.5) is 0 Å². The highest BCUT2D eigenvalue weighted by molar-refractivity contribution is 5.51. The third-order valence-electron chi connectivity index (χ3n) is 2.17. The Morgan fingerprint density at radius 1 is 1.29 bits per heavy atom. The Balaban J connectivity index is 3.44. The lowest BCUT2D eigenvalue weighted by Crippen LogP contribution is -2.17. The van der Waals surface area contributed by atoms with Gasteiger partial charge >= 0.3 is 0 Å². The number of hydrogen-bond donors (Lipinski definition) is 2. The van der Waals surface area contributed by atoms with Crippen LogP contribution in [0.25, 0.3) is 0 Å². The number of hydrogen-bond acceptors (Lipinski definition) is 3. The minimum Gasteiger partial charge on any atom is -0.507 e. The van der Waals surface area contributed by atoms with Gasteiger partial charge in [0.2, 0.25) is 0 Å². The minimum absolute atomic E-state index is 0.0943. The van der Waals surface area contributed by atoms with E-state index in [1.165, 1.54) is 7.11 Å². The fourth-order valence-corrected chi connectivity index (χ4v) is 1.44. The number of aryl methyl sites for hydroxylation is 1. The highest BCUT2D eigenvalue weighted by Crippen LogP contribution is 2.38. The maximum Gasteiger partial charge on any atom is 0.128 e. The first kappa shape index (κ1) is 10.9. The van der Waals surface area contributed by atoms with Gasteiger partial charge in [-0.05, 0) is 32.4 Å². The lowest BCUT2D eigenvalue weighted by Gasteiger charge is -2.22. The highest BCUT2D eigenvalue weighted by Gasteiger charge is 2.25. The van der Waals surface area contributed by atoms with E-state index in [1.54, 1.807) is 32.9 Å². The van der Waals surface area contributed by atoms with Gasteiger partial charge in [-0.2, -0.15) is 0 Å². The zero-order valence-electron chi connectivity index (χ0n) is 8.96. The standard InChI is InChI=1S/C11H16O3/c1-7-5-6-8(14-4)9(10(7)12)11(2,3)13/h5-6,12-13H,1-4H3. The van der Waals surface area contributed by atoms with Crippen LogP contribution >= 0.6 is 0 Å². The number of ether oxygens (including phenoxy) is 1. The van der Waals surface area contributed by atoms with Crippen LogP contribution in [0.3, 0.4) is 0 Å². The lowest BCUT2D eigenvalue weighted by atomic mass is 9.94. The molecule has 1 aromatic rings. The fraction of sp³-hybridized carbons (Fsp3) is 0.455. The van der Waals surface area contributed by atoms with Crippen molar-refractivity contribution < 1.29 is 14.9 Å². The molecule has 3 heteroatoms. The molecular weight excluding hydrogens is 180 g/mol. The van der Waals surface area contributed by atoms with Crippen LogP contribution in [0.5, 0.6) is 11.5 Å². The van der Waals surface area contributed by atoms with Crippen molar-refractivity contribution in [3.63, 3.8) is 0 Å². The number of benzene rings is 1. The molecule has 1 aromatic carbocycles. The molecule has 0 aliphatic rings. The third-order valence-corrected chi connectivity index (χ3v) is 2.17. The normalized spacial score (nSPS) is 11.5. The minimum atomic E-state index is -1.11. The van der Waals surface area contributed by atoms with Crippen molar-refractivity contribution in [1.82, 2.24) is 0 Å². The number of rotatable bonds is 2. The predicted molar refractivity (Wildman–Crippen MR) is 54.6 cm³/mol. The molecule has 0 fully saturated rings. The van der Waals surface area contributed by atoms with Gasteiger partial charge in [0.05, 0.1) is 18.3 Å². The summed E-state index contributed by atoms with van der Waals surface area (Å²) >= 11 is 0. The van der Waals surface area contributed by atoms with E-state index in [4.69, 9.17) is 4.74 Å². The summed E-state index contributed by atoms with van der Waals surface area (Å²) in [4.78, 5) is 0. The Hall–Kier alpha value is -1.22. The predicted octanol–water partition coefficient (Wildman–Crippen LogP) is 1.94. The first-order valence-corrected chi connectivity index (χ1v) is 4.47. The highest BCUT2D eigenvalue weighted by atomic mass is 16.5. The van der Waals surface area contributed by atoms with Gasteiger partial charge in [0, 0.05) is 0 Å². The Kier molecular flexibility index (Phi) is 2.71. The van der Waals surface area contributed by atoms with E-state index >= 15 is 0 Å². The summed E-state index contributed by atoms with van der Waals surface area (Å²) in [5.74, 6) is 0.595. The molecule has 14 heavy (non-hydrogen) atoms. The summed E-state index contributed by atoms with van der Waals surface area (Å²) < 4.78 is 5.09. The van der Waals surface area contributed by atoms with Crippen LogP contribution in [0, 0.1) is 6.92 Å². The van der Waals surface area contributed by atoms with Crippen LogP contribution in [0.2, 0.25) is 0 Å². The van der Waals surface area contributed by atoms with Crippen molar-refractivity contribution in [2.45, 2.75) is 26.4 Å². The van der Waals surface area contributed by atoms with Crippen molar-refractivity contribution in [2.24, 2.45) is 0 Å². The average molecular weight is 196 g/mol. The summed E-state index contributed by atoms with van der Waals surface area (Å²) in [5, 5.41) is 19.7. The van der Waals surface area contributed by atoms with Crippen LogP contribution < -0.4 is 4.74 Å². The quantitative estimate of drug-likeness (QED) is 0.760. The molecule has 0 saturated carbocycles. The van der Waals surface area contributed by atoms with Gasteiger partial charge in [-0.15, -0.1) is 0 Å². The van der Waals surface area contributed by atoms with E-state index < -0.39 is 5.60 Å². The first-order valence-electron chi connectivity index (χ1n) is 4.47. The topological polar surface area (TPSA) is 49.7 Å². The molecule has 0 heterocycles. The van der Waals surface area contributed by atoms with Crippen molar-refractivity contribution in [2.75, 3.05) is 7.11 Å². The molecule has 0 saturated heterocycles. The first-order chi connectivity index (χ1) is 6.38. The van der Waals surface area contributed by atoms with Crippen molar-refractivity contribution >= 4 is 0 Å². The Bertz CT molecular complexity index is 337. The number of aliphatic hydroxyl groups is 1. The second kappa shape index (κ2) is 3.50. The van der Waals surface area contributed by atoms with Crippen LogP contribution in [-0.2, 0) is 5.60 Å². The van der Waals surface area contributed by atoms with Gasteiger partial charge in [0.1, 0.15) is 11.5 Å². The molecule has 78 valence electrons. The summed E-state index contributed by atoms with van der Waals surface area (Å²) in [6.07, 6.45) is 0. The van der Waals surface area contributed by atoms with E-state index in [9.17, 15) is 10.2 Å². The number of aromatic hydroxyl groups is 1. The maximum atomic E-state index is 9.87. The molecule has 0 bridgehead atoms. The number of phenols is 1. The van der Waals surface area contributed by atoms with Crippen LogP contribution in [0.1, 0.15) is 25.0 Å². The molecule has 0 radical (unpaired) electrons. The smallest absolute Gasteiger partial charge is 0.128 e. The Morgan fingerprint density at radius 3 is 2.29 bits per heavy atom. The number of phenolic OH excluding ortho intramolecular Hbond substituents is 1. The summed E-state index contributed by atoms with van der Waals surface area (Å²) in [5.41, 5.74) is 0.0458. The lowest BCUT2D eigenvalue weighted by molar-refractivity contribution is 0.0726. The average Bonchev–Trinajstić information content (AvgIpc) is 2.07. The van der Waals surface area contributed by atoms with Crippen LogP contribution in [0.15, 0.2) is 12.1 Å². The Labute approximate surface area is 84.0 Å². The van der Waals surface area contributed by atoms with Crippen molar-refractivity contribution in [3.8, 4) is 11.5 Å². The third kappa shape index (κ3) is 1.82. The molecule has 0 aliphatic heterocycles. The Morgan fingerprint density at radius 2 is 1.86 bits per heavy atom. The molecule has 0 aromatic heterocycles. The molecule has 0 unspecified atom stereocenters. The van der Waals surface area contributed by atoms with Gasteiger partial charge in [-0.3, -0.25) is 0 Å². The van der Waals surface area contributed by atoms with Gasteiger partial charge in [-0.25, -0.2) is 0 Å². The molecule has 0 atom stereocenters. The van der Waals surface area contributed by atoms with Crippen molar-refractivity contribution in [3.05, 3.63) is 23.3 Å².